The van der Waals surface area contributed by atoms with E-state index in [4.69, 9.17) is 20.4 Å². The van der Waals surface area contributed by atoms with Crippen LogP contribution in [0.4, 0.5) is 0 Å². The molecule has 0 aliphatic heterocycles. The number of hydrogen-bond donors (Lipinski definition) is 4. The summed E-state index contributed by atoms with van der Waals surface area (Å²) in [5.74, 6) is -2.13. The van der Waals surface area contributed by atoms with Crippen molar-refractivity contribution >= 4 is 11.9 Å². The van der Waals surface area contributed by atoms with Crippen LogP contribution in [-0.2, 0) is 0 Å². The maximum Gasteiger partial charge on any atom is 0.335 e. The van der Waals surface area contributed by atoms with Gasteiger partial charge < -0.3 is 20.4 Å². The van der Waals surface area contributed by atoms with Crippen LogP contribution in [0, 0.1) is 5.41 Å². The molecule has 0 amide bonds. The maximum absolute atomic E-state index is 10.3. The minimum Gasteiger partial charge on any atom is -0.478 e. The molecule has 2 rings (SSSR count). The van der Waals surface area contributed by atoms with Gasteiger partial charge in [-0.15, -0.1) is 0 Å². The van der Waals surface area contributed by atoms with Crippen LogP contribution >= 0.6 is 0 Å². The second-order valence-electron chi connectivity index (χ2n) is 5.56. The van der Waals surface area contributed by atoms with Crippen LogP contribution in [0.5, 0.6) is 0 Å². The number of aliphatic hydroxyl groups is 2. The minimum atomic E-state index is -1.06. The summed E-state index contributed by atoms with van der Waals surface area (Å²) in [6.45, 7) is 0.312. The first kappa shape index (κ1) is 18.1. The Labute approximate surface area is 129 Å². The summed E-state index contributed by atoms with van der Waals surface area (Å²) in [4.78, 5) is 20.7. The molecule has 6 nitrogen and oxygen atoms in total. The lowest BCUT2D eigenvalue weighted by Gasteiger charge is -2.33. The van der Waals surface area contributed by atoms with Gasteiger partial charge in [0, 0.05) is 5.41 Å². The van der Waals surface area contributed by atoms with E-state index in [1.54, 1.807) is 0 Å². The summed E-state index contributed by atoms with van der Waals surface area (Å²) in [6, 6.07) is 5.02. The molecule has 0 unspecified atom stereocenters. The van der Waals surface area contributed by atoms with Gasteiger partial charge in [-0.2, -0.15) is 0 Å². The second kappa shape index (κ2) is 8.51. The summed E-state index contributed by atoms with van der Waals surface area (Å²) in [5, 5.41) is 34.9. The fourth-order valence-corrected chi connectivity index (χ4v) is 2.42. The number of aromatic carboxylic acids is 2. The Kier molecular flexibility index (Phi) is 7.01. The predicted octanol–water partition coefficient (Wildman–Crippen LogP) is 2.00. The van der Waals surface area contributed by atoms with Crippen LogP contribution < -0.4 is 0 Å². The first-order valence-electron chi connectivity index (χ1n) is 7.22. The van der Waals surface area contributed by atoms with Crippen molar-refractivity contribution in [3.05, 3.63) is 35.4 Å². The van der Waals surface area contributed by atoms with Gasteiger partial charge in [-0.25, -0.2) is 9.59 Å². The summed E-state index contributed by atoms with van der Waals surface area (Å²) >= 11 is 0. The predicted molar refractivity (Wildman–Crippen MR) is 80.1 cm³/mol. The second-order valence-corrected chi connectivity index (χ2v) is 5.56. The average molecular weight is 310 g/mol. The van der Waals surface area contributed by atoms with Crippen molar-refractivity contribution in [1.29, 1.82) is 0 Å². The van der Waals surface area contributed by atoms with E-state index in [1.165, 1.54) is 43.5 Å². The molecule has 22 heavy (non-hydrogen) atoms. The van der Waals surface area contributed by atoms with Crippen LogP contribution in [-0.4, -0.2) is 45.6 Å². The van der Waals surface area contributed by atoms with Gasteiger partial charge in [0.2, 0.25) is 0 Å². The van der Waals surface area contributed by atoms with Crippen molar-refractivity contribution in [2.24, 2.45) is 5.41 Å². The van der Waals surface area contributed by atoms with Crippen LogP contribution in [0.25, 0.3) is 0 Å². The molecule has 0 aromatic heterocycles. The number of carbonyl (C=O) groups is 2. The number of aliphatic hydroxyl groups excluding tert-OH is 2. The largest absolute Gasteiger partial charge is 0.478 e. The number of rotatable bonds is 4. The molecule has 1 fully saturated rings. The summed E-state index contributed by atoms with van der Waals surface area (Å²) in [5.41, 5.74) is 0.0399. The van der Waals surface area contributed by atoms with E-state index in [0.717, 1.165) is 12.8 Å². The van der Waals surface area contributed by atoms with Gasteiger partial charge in [0.15, 0.2) is 0 Å². The normalized spacial score (nSPS) is 16.3. The first-order chi connectivity index (χ1) is 10.4. The van der Waals surface area contributed by atoms with Gasteiger partial charge in [-0.05, 0) is 37.1 Å². The Balaban J connectivity index is 0.000000224. The molecule has 0 atom stereocenters. The highest BCUT2D eigenvalue weighted by atomic mass is 16.4. The molecule has 0 bridgehead atoms. The lowest BCUT2D eigenvalue weighted by atomic mass is 9.75. The quantitative estimate of drug-likeness (QED) is 0.676. The Bertz CT molecular complexity index is 449. The highest BCUT2D eigenvalue weighted by Crippen LogP contribution is 2.34. The molecule has 1 aromatic rings. The zero-order chi connectivity index (χ0) is 16.6. The Hall–Kier alpha value is -1.92. The highest BCUT2D eigenvalue weighted by Gasteiger charge is 2.30. The van der Waals surface area contributed by atoms with E-state index in [1.807, 2.05) is 0 Å². The van der Waals surface area contributed by atoms with Gasteiger partial charge in [0.1, 0.15) is 0 Å². The average Bonchev–Trinajstić information content (AvgIpc) is 2.56. The molecule has 4 N–H and O–H groups in total. The van der Waals surface area contributed by atoms with Crippen LogP contribution in [0.3, 0.4) is 0 Å². The molecule has 1 aromatic carbocycles. The number of hydrogen-bond acceptors (Lipinski definition) is 4. The van der Waals surface area contributed by atoms with Crippen molar-refractivity contribution in [3.8, 4) is 0 Å². The molecule has 0 saturated heterocycles. The van der Waals surface area contributed by atoms with Crippen molar-refractivity contribution in [3.63, 3.8) is 0 Å². The minimum absolute atomic E-state index is 0.0833. The van der Waals surface area contributed by atoms with Gasteiger partial charge >= 0.3 is 11.9 Å². The lowest BCUT2D eigenvalue weighted by Crippen LogP contribution is -2.31. The SMILES string of the molecule is O=C(O)c1ccc(C(=O)O)cc1.OCC1(CO)CCCCC1. The fraction of sp³-hybridized carbons (Fsp3) is 0.500. The maximum atomic E-state index is 10.3. The topological polar surface area (TPSA) is 115 Å². The third-order valence-corrected chi connectivity index (χ3v) is 3.96. The van der Waals surface area contributed by atoms with Crippen molar-refractivity contribution in [1.82, 2.24) is 0 Å². The van der Waals surface area contributed by atoms with E-state index >= 15 is 0 Å². The Morgan fingerprint density at radius 3 is 1.41 bits per heavy atom. The number of benzene rings is 1. The molecule has 1 saturated carbocycles. The Morgan fingerprint density at radius 1 is 0.818 bits per heavy atom. The van der Waals surface area contributed by atoms with E-state index < -0.39 is 11.9 Å². The van der Waals surface area contributed by atoms with E-state index in [-0.39, 0.29) is 29.8 Å². The van der Waals surface area contributed by atoms with Crippen molar-refractivity contribution in [2.45, 2.75) is 32.1 Å². The third kappa shape index (κ3) is 5.13. The van der Waals surface area contributed by atoms with Crippen LogP contribution in [0.15, 0.2) is 24.3 Å². The smallest absolute Gasteiger partial charge is 0.335 e. The number of carboxylic acid groups (broad SMARTS) is 2. The van der Waals surface area contributed by atoms with Gasteiger partial charge in [-0.3, -0.25) is 0 Å². The van der Waals surface area contributed by atoms with E-state index in [2.05, 4.69) is 0 Å². The molecular formula is C16H22O6. The lowest BCUT2D eigenvalue weighted by molar-refractivity contribution is 0.0234. The summed E-state index contributed by atoms with van der Waals surface area (Å²) in [7, 11) is 0. The van der Waals surface area contributed by atoms with Gasteiger partial charge in [0.25, 0.3) is 0 Å². The van der Waals surface area contributed by atoms with E-state index in [9.17, 15) is 9.59 Å². The molecule has 122 valence electrons. The molecule has 0 heterocycles. The fourth-order valence-electron chi connectivity index (χ4n) is 2.42. The zero-order valence-corrected chi connectivity index (χ0v) is 12.4. The van der Waals surface area contributed by atoms with Crippen molar-refractivity contribution in [2.75, 3.05) is 13.2 Å². The van der Waals surface area contributed by atoms with Crippen LogP contribution in [0.1, 0.15) is 52.8 Å². The Morgan fingerprint density at radius 2 is 1.18 bits per heavy atom. The standard InChI is InChI=1S/C8H6O4.C8H16O2/c9-7(10)5-1-2-6(4-3-5)8(11)12;9-6-8(7-10)4-2-1-3-5-8/h1-4H,(H,9,10)(H,11,12);9-10H,1-7H2. The summed E-state index contributed by atoms with van der Waals surface area (Å²) < 4.78 is 0. The molecule has 1 aliphatic rings. The summed E-state index contributed by atoms with van der Waals surface area (Å²) in [6.07, 6.45) is 5.60. The van der Waals surface area contributed by atoms with Gasteiger partial charge in [-0.1, -0.05) is 19.3 Å². The zero-order valence-electron chi connectivity index (χ0n) is 12.4. The molecule has 6 heteroatoms. The molecular weight excluding hydrogens is 288 g/mol. The third-order valence-electron chi connectivity index (χ3n) is 3.96. The molecule has 0 radical (unpaired) electrons. The highest BCUT2D eigenvalue weighted by molar-refractivity contribution is 5.91. The monoisotopic (exact) mass is 310 g/mol. The van der Waals surface area contributed by atoms with Crippen LogP contribution in [0.2, 0.25) is 0 Å². The van der Waals surface area contributed by atoms with Crippen molar-refractivity contribution < 1.29 is 30.0 Å². The molecule has 1 aliphatic carbocycles. The molecule has 0 spiro atoms. The first-order valence-corrected chi connectivity index (χ1v) is 7.22. The van der Waals surface area contributed by atoms with Gasteiger partial charge in [0.05, 0.1) is 24.3 Å². The number of carboxylic acids is 2. The van der Waals surface area contributed by atoms with E-state index in [0.29, 0.717) is 0 Å².